The van der Waals surface area contributed by atoms with E-state index in [9.17, 15) is 9.59 Å². The lowest BCUT2D eigenvalue weighted by Crippen LogP contribution is -2.17. The lowest BCUT2D eigenvalue weighted by Gasteiger charge is -2.08. The fraction of sp³-hybridized carbons (Fsp3) is 0.222. The molecular weight excluding hydrogens is 280 g/mol. The van der Waals surface area contributed by atoms with Gasteiger partial charge in [-0.1, -0.05) is 6.07 Å². The second kappa shape index (κ2) is 6.89. The van der Waals surface area contributed by atoms with Crippen LogP contribution in [0.4, 0.5) is 0 Å². The number of esters is 1. The van der Waals surface area contributed by atoms with E-state index in [4.69, 9.17) is 9.47 Å². The third-order valence-electron chi connectivity index (χ3n) is 3.33. The SMILES string of the molecule is CC(=O)c1ccc(OC(=O)COc2ccc(C)c(C)c2)cc1. The molecule has 4 nitrogen and oxygen atoms in total. The zero-order chi connectivity index (χ0) is 16.1. The summed E-state index contributed by atoms with van der Waals surface area (Å²) in [6.45, 7) is 5.31. The van der Waals surface area contributed by atoms with Crippen molar-refractivity contribution < 1.29 is 19.1 Å². The number of benzene rings is 2. The van der Waals surface area contributed by atoms with Gasteiger partial charge >= 0.3 is 5.97 Å². The second-order valence-electron chi connectivity index (χ2n) is 5.09. The molecule has 0 N–H and O–H groups in total. The Kier molecular flexibility index (Phi) is 4.94. The number of ketones is 1. The Morgan fingerprint density at radius 3 is 2.14 bits per heavy atom. The Labute approximate surface area is 129 Å². The van der Waals surface area contributed by atoms with E-state index in [0.717, 1.165) is 5.56 Å². The van der Waals surface area contributed by atoms with Crippen LogP contribution < -0.4 is 9.47 Å². The molecule has 0 unspecified atom stereocenters. The summed E-state index contributed by atoms with van der Waals surface area (Å²) in [4.78, 5) is 22.9. The van der Waals surface area contributed by atoms with E-state index < -0.39 is 5.97 Å². The zero-order valence-corrected chi connectivity index (χ0v) is 12.9. The molecule has 2 aromatic rings. The fourth-order valence-corrected chi connectivity index (χ4v) is 1.86. The van der Waals surface area contributed by atoms with E-state index in [0.29, 0.717) is 17.1 Å². The number of aryl methyl sites for hydroxylation is 2. The summed E-state index contributed by atoms with van der Waals surface area (Å²) in [5.74, 6) is 0.496. The zero-order valence-electron chi connectivity index (χ0n) is 12.9. The molecule has 0 aromatic heterocycles. The Morgan fingerprint density at radius 2 is 1.55 bits per heavy atom. The summed E-state index contributed by atoms with van der Waals surface area (Å²) in [6, 6.07) is 12.1. The molecule has 0 saturated heterocycles. The maximum atomic E-state index is 11.7. The van der Waals surface area contributed by atoms with Gasteiger partial charge in [-0.15, -0.1) is 0 Å². The van der Waals surface area contributed by atoms with Crippen molar-refractivity contribution in [3.05, 3.63) is 59.2 Å². The van der Waals surface area contributed by atoms with Crippen molar-refractivity contribution in [1.29, 1.82) is 0 Å². The van der Waals surface area contributed by atoms with Gasteiger partial charge in [-0.2, -0.15) is 0 Å². The third kappa shape index (κ3) is 4.19. The van der Waals surface area contributed by atoms with Crippen molar-refractivity contribution in [3.63, 3.8) is 0 Å². The predicted octanol–water partition coefficient (Wildman–Crippen LogP) is 3.49. The first-order valence-corrected chi connectivity index (χ1v) is 6.97. The van der Waals surface area contributed by atoms with Gasteiger partial charge in [0.25, 0.3) is 0 Å². The Morgan fingerprint density at radius 1 is 0.909 bits per heavy atom. The highest BCUT2D eigenvalue weighted by Gasteiger charge is 2.07. The van der Waals surface area contributed by atoms with Crippen LogP contribution in [-0.2, 0) is 4.79 Å². The van der Waals surface area contributed by atoms with Gasteiger partial charge in [-0.05, 0) is 68.3 Å². The van der Waals surface area contributed by atoms with E-state index in [1.807, 2.05) is 32.0 Å². The molecule has 4 heteroatoms. The molecule has 0 aliphatic carbocycles. The summed E-state index contributed by atoms with van der Waals surface area (Å²) in [5, 5.41) is 0. The predicted molar refractivity (Wildman–Crippen MR) is 83.5 cm³/mol. The normalized spacial score (nSPS) is 10.1. The van der Waals surface area contributed by atoms with Crippen LogP contribution in [0.15, 0.2) is 42.5 Å². The molecule has 0 saturated carbocycles. The van der Waals surface area contributed by atoms with Gasteiger partial charge < -0.3 is 9.47 Å². The van der Waals surface area contributed by atoms with Gasteiger partial charge in [-0.3, -0.25) is 4.79 Å². The van der Waals surface area contributed by atoms with Crippen LogP contribution in [0.1, 0.15) is 28.4 Å². The van der Waals surface area contributed by atoms with E-state index >= 15 is 0 Å². The highest BCUT2D eigenvalue weighted by atomic mass is 16.6. The summed E-state index contributed by atoms with van der Waals surface area (Å²) >= 11 is 0. The Hall–Kier alpha value is -2.62. The average molecular weight is 298 g/mol. The van der Waals surface area contributed by atoms with Crippen LogP contribution in [0, 0.1) is 13.8 Å². The summed E-state index contributed by atoms with van der Waals surface area (Å²) in [7, 11) is 0. The first kappa shape index (κ1) is 15.8. The molecule has 0 spiro atoms. The summed E-state index contributed by atoms with van der Waals surface area (Å²) in [6.07, 6.45) is 0. The number of hydrogen-bond donors (Lipinski definition) is 0. The number of carbonyl (C=O) groups is 2. The molecule has 2 aromatic carbocycles. The van der Waals surface area contributed by atoms with Crippen LogP contribution in [0.2, 0.25) is 0 Å². The molecule has 0 bridgehead atoms. The van der Waals surface area contributed by atoms with Gasteiger partial charge in [0, 0.05) is 5.56 Å². The lowest BCUT2D eigenvalue weighted by atomic mass is 10.1. The lowest BCUT2D eigenvalue weighted by molar-refractivity contribution is -0.136. The standard InChI is InChI=1S/C18H18O4/c1-12-4-7-17(10-13(12)2)21-11-18(20)22-16-8-5-15(6-9-16)14(3)19/h4-10H,11H2,1-3H3. The first-order chi connectivity index (χ1) is 10.5. The molecule has 0 aliphatic heterocycles. The maximum Gasteiger partial charge on any atom is 0.349 e. The van der Waals surface area contributed by atoms with Crippen molar-refractivity contribution in [2.75, 3.05) is 6.61 Å². The van der Waals surface area contributed by atoms with Gasteiger partial charge in [0.2, 0.25) is 0 Å². The van der Waals surface area contributed by atoms with Crippen molar-refractivity contribution in [2.24, 2.45) is 0 Å². The quantitative estimate of drug-likeness (QED) is 0.481. The number of ether oxygens (including phenoxy) is 2. The van der Waals surface area contributed by atoms with Gasteiger partial charge in [0.1, 0.15) is 11.5 Å². The third-order valence-corrected chi connectivity index (χ3v) is 3.33. The minimum atomic E-state index is -0.492. The highest BCUT2D eigenvalue weighted by Crippen LogP contribution is 2.17. The minimum absolute atomic E-state index is 0.0315. The summed E-state index contributed by atoms with van der Waals surface area (Å²) < 4.78 is 10.6. The molecule has 0 radical (unpaired) electrons. The number of Topliss-reactive ketones (excluding diaryl/α,β-unsaturated/α-hetero) is 1. The second-order valence-corrected chi connectivity index (χ2v) is 5.09. The molecule has 0 fully saturated rings. The van der Waals surface area contributed by atoms with E-state index in [1.54, 1.807) is 24.3 Å². The van der Waals surface area contributed by atoms with Gasteiger partial charge in [0.15, 0.2) is 12.4 Å². The van der Waals surface area contributed by atoms with Crippen molar-refractivity contribution in [1.82, 2.24) is 0 Å². The summed E-state index contributed by atoms with van der Waals surface area (Å²) in [5.41, 5.74) is 2.84. The molecule has 0 amide bonds. The Bertz CT molecular complexity index is 687. The molecule has 114 valence electrons. The fourth-order valence-electron chi connectivity index (χ4n) is 1.86. The monoisotopic (exact) mass is 298 g/mol. The minimum Gasteiger partial charge on any atom is -0.482 e. The van der Waals surface area contributed by atoms with Crippen molar-refractivity contribution in [3.8, 4) is 11.5 Å². The topological polar surface area (TPSA) is 52.6 Å². The number of carbonyl (C=O) groups excluding carboxylic acids is 2. The van der Waals surface area contributed by atoms with E-state index in [-0.39, 0.29) is 12.4 Å². The molecule has 0 aliphatic rings. The van der Waals surface area contributed by atoms with E-state index in [2.05, 4.69) is 0 Å². The molecule has 0 atom stereocenters. The van der Waals surface area contributed by atoms with Crippen LogP contribution in [0.3, 0.4) is 0 Å². The van der Waals surface area contributed by atoms with Crippen molar-refractivity contribution in [2.45, 2.75) is 20.8 Å². The van der Waals surface area contributed by atoms with E-state index in [1.165, 1.54) is 12.5 Å². The van der Waals surface area contributed by atoms with Gasteiger partial charge in [0.05, 0.1) is 0 Å². The largest absolute Gasteiger partial charge is 0.482 e. The molecular formula is C18H18O4. The molecule has 2 rings (SSSR count). The smallest absolute Gasteiger partial charge is 0.349 e. The van der Waals surface area contributed by atoms with Gasteiger partial charge in [-0.25, -0.2) is 4.79 Å². The number of rotatable bonds is 5. The molecule has 22 heavy (non-hydrogen) atoms. The van der Waals surface area contributed by atoms with Crippen LogP contribution in [-0.4, -0.2) is 18.4 Å². The highest BCUT2D eigenvalue weighted by molar-refractivity contribution is 5.94. The van der Waals surface area contributed by atoms with Crippen molar-refractivity contribution >= 4 is 11.8 Å². The number of hydrogen-bond acceptors (Lipinski definition) is 4. The van der Waals surface area contributed by atoms with Crippen LogP contribution in [0.25, 0.3) is 0 Å². The average Bonchev–Trinajstić information content (AvgIpc) is 2.49. The first-order valence-electron chi connectivity index (χ1n) is 6.97. The van der Waals surface area contributed by atoms with Crippen LogP contribution >= 0.6 is 0 Å². The molecule has 0 heterocycles. The van der Waals surface area contributed by atoms with Crippen LogP contribution in [0.5, 0.6) is 11.5 Å². The maximum absolute atomic E-state index is 11.7. The Balaban J connectivity index is 1.89.